The van der Waals surface area contributed by atoms with E-state index in [4.69, 9.17) is 0 Å². The van der Waals surface area contributed by atoms with E-state index in [9.17, 15) is 9.59 Å². The molecule has 0 aliphatic carbocycles. The van der Waals surface area contributed by atoms with Crippen LogP contribution in [-0.2, 0) is 4.79 Å². The third kappa shape index (κ3) is 3.11. The van der Waals surface area contributed by atoms with Gasteiger partial charge >= 0.3 is 0 Å². The Morgan fingerprint density at radius 3 is 2.65 bits per heavy atom. The largest absolute Gasteiger partial charge is 0.322 e. The van der Waals surface area contributed by atoms with Gasteiger partial charge in [0, 0.05) is 29.9 Å². The molecule has 3 rings (SSSR count). The van der Waals surface area contributed by atoms with Crippen LogP contribution in [0.2, 0.25) is 0 Å². The van der Waals surface area contributed by atoms with Crippen molar-refractivity contribution in [3.05, 3.63) is 59.2 Å². The van der Waals surface area contributed by atoms with Crippen molar-refractivity contribution >= 4 is 23.2 Å². The van der Waals surface area contributed by atoms with Crippen LogP contribution in [0.3, 0.4) is 0 Å². The van der Waals surface area contributed by atoms with Gasteiger partial charge in [-0.3, -0.25) is 9.59 Å². The van der Waals surface area contributed by atoms with E-state index < -0.39 is 0 Å². The van der Waals surface area contributed by atoms with Crippen LogP contribution in [0.25, 0.3) is 0 Å². The van der Waals surface area contributed by atoms with Crippen LogP contribution < -0.4 is 10.2 Å². The summed E-state index contributed by atoms with van der Waals surface area (Å²) in [4.78, 5) is 26.1. The number of benzene rings is 2. The summed E-state index contributed by atoms with van der Waals surface area (Å²) in [6.45, 7) is 4.73. The number of anilines is 2. The molecule has 0 atom stereocenters. The van der Waals surface area contributed by atoms with Gasteiger partial charge in [-0.15, -0.1) is 0 Å². The van der Waals surface area contributed by atoms with E-state index in [0.717, 1.165) is 35.5 Å². The molecule has 0 spiro atoms. The van der Waals surface area contributed by atoms with Gasteiger partial charge in [0.25, 0.3) is 5.91 Å². The van der Waals surface area contributed by atoms with Gasteiger partial charge in [0.15, 0.2) is 0 Å². The molecule has 4 nitrogen and oxygen atoms in total. The van der Waals surface area contributed by atoms with E-state index in [1.807, 2.05) is 44.2 Å². The molecule has 0 aromatic heterocycles. The maximum Gasteiger partial charge on any atom is 0.255 e. The van der Waals surface area contributed by atoms with Crippen LogP contribution in [-0.4, -0.2) is 18.4 Å². The molecule has 4 heteroatoms. The monoisotopic (exact) mass is 308 g/mol. The highest BCUT2D eigenvalue weighted by atomic mass is 16.2. The summed E-state index contributed by atoms with van der Waals surface area (Å²) >= 11 is 0. The molecular weight excluding hydrogens is 288 g/mol. The number of rotatable bonds is 3. The van der Waals surface area contributed by atoms with Crippen molar-refractivity contribution in [2.24, 2.45) is 0 Å². The van der Waals surface area contributed by atoms with Gasteiger partial charge in [0.2, 0.25) is 5.91 Å². The van der Waals surface area contributed by atoms with E-state index in [0.29, 0.717) is 12.0 Å². The predicted molar refractivity (Wildman–Crippen MR) is 91.9 cm³/mol. The SMILES string of the molecule is Cc1cccc(NC(=O)c2cccc(N3CCCC3=O)c2)c1C. The predicted octanol–water partition coefficient (Wildman–Crippen LogP) is 3.68. The molecule has 1 heterocycles. The van der Waals surface area contributed by atoms with Crippen LogP contribution in [0.4, 0.5) is 11.4 Å². The first-order valence-electron chi connectivity index (χ1n) is 7.84. The highest BCUT2D eigenvalue weighted by molar-refractivity contribution is 6.06. The zero-order valence-corrected chi connectivity index (χ0v) is 13.4. The third-order valence-electron chi connectivity index (χ3n) is 4.35. The number of aryl methyl sites for hydroxylation is 1. The summed E-state index contributed by atoms with van der Waals surface area (Å²) in [5.74, 6) is -0.0377. The summed E-state index contributed by atoms with van der Waals surface area (Å²) in [5, 5.41) is 2.95. The first-order valence-corrected chi connectivity index (χ1v) is 7.84. The van der Waals surface area contributed by atoms with E-state index >= 15 is 0 Å². The van der Waals surface area contributed by atoms with Gasteiger partial charge in [0.1, 0.15) is 0 Å². The molecule has 0 unspecified atom stereocenters. The molecule has 1 saturated heterocycles. The highest BCUT2D eigenvalue weighted by Crippen LogP contribution is 2.23. The second-order valence-corrected chi connectivity index (χ2v) is 5.90. The molecule has 0 saturated carbocycles. The Balaban J connectivity index is 1.82. The van der Waals surface area contributed by atoms with Gasteiger partial charge in [-0.1, -0.05) is 18.2 Å². The van der Waals surface area contributed by atoms with Crippen molar-refractivity contribution in [3.8, 4) is 0 Å². The molecule has 118 valence electrons. The molecule has 1 fully saturated rings. The fourth-order valence-electron chi connectivity index (χ4n) is 2.82. The Bertz CT molecular complexity index is 768. The Morgan fingerprint density at radius 1 is 1.13 bits per heavy atom. The molecule has 23 heavy (non-hydrogen) atoms. The lowest BCUT2D eigenvalue weighted by Gasteiger charge is -2.17. The van der Waals surface area contributed by atoms with Crippen molar-refractivity contribution in [1.29, 1.82) is 0 Å². The molecule has 0 bridgehead atoms. The smallest absolute Gasteiger partial charge is 0.255 e. The summed E-state index contributed by atoms with van der Waals surface area (Å²) < 4.78 is 0. The quantitative estimate of drug-likeness (QED) is 0.940. The number of hydrogen-bond donors (Lipinski definition) is 1. The fourth-order valence-corrected chi connectivity index (χ4v) is 2.82. The molecule has 1 aliphatic heterocycles. The number of amides is 2. The Morgan fingerprint density at radius 2 is 1.91 bits per heavy atom. The average molecular weight is 308 g/mol. The van der Waals surface area contributed by atoms with Gasteiger partial charge in [-0.05, 0) is 55.7 Å². The van der Waals surface area contributed by atoms with Gasteiger partial charge in [-0.2, -0.15) is 0 Å². The second-order valence-electron chi connectivity index (χ2n) is 5.90. The molecular formula is C19H20N2O2. The Kier molecular flexibility index (Phi) is 4.15. The minimum absolute atomic E-state index is 0.122. The van der Waals surface area contributed by atoms with Crippen LogP contribution in [0, 0.1) is 13.8 Å². The van der Waals surface area contributed by atoms with Gasteiger partial charge < -0.3 is 10.2 Å². The molecule has 2 aromatic carbocycles. The summed E-state index contributed by atoms with van der Waals surface area (Å²) in [6, 6.07) is 13.1. The summed E-state index contributed by atoms with van der Waals surface area (Å²) in [7, 11) is 0. The van der Waals surface area contributed by atoms with Crippen LogP contribution in [0.5, 0.6) is 0 Å². The molecule has 1 N–H and O–H groups in total. The third-order valence-corrected chi connectivity index (χ3v) is 4.35. The van der Waals surface area contributed by atoms with E-state index in [2.05, 4.69) is 5.32 Å². The van der Waals surface area contributed by atoms with Crippen molar-refractivity contribution in [2.75, 3.05) is 16.8 Å². The van der Waals surface area contributed by atoms with E-state index in [-0.39, 0.29) is 11.8 Å². The fraction of sp³-hybridized carbons (Fsp3) is 0.263. The first-order chi connectivity index (χ1) is 11.1. The number of hydrogen-bond acceptors (Lipinski definition) is 2. The number of nitrogens with one attached hydrogen (secondary N) is 1. The van der Waals surface area contributed by atoms with Gasteiger partial charge in [0.05, 0.1) is 0 Å². The first kappa shape index (κ1) is 15.3. The lowest BCUT2D eigenvalue weighted by Crippen LogP contribution is -2.24. The topological polar surface area (TPSA) is 49.4 Å². The van der Waals surface area contributed by atoms with Crippen molar-refractivity contribution in [1.82, 2.24) is 0 Å². The lowest BCUT2D eigenvalue weighted by atomic mass is 10.1. The minimum Gasteiger partial charge on any atom is -0.322 e. The zero-order chi connectivity index (χ0) is 16.4. The number of carbonyl (C=O) groups is 2. The van der Waals surface area contributed by atoms with E-state index in [1.165, 1.54) is 0 Å². The molecule has 1 aliphatic rings. The standard InChI is InChI=1S/C19H20N2O2/c1-13-6-3-9-17(14(13)2)20-19(23)15-7-4-8-16(12-15)21-11-5-10-18(21)22/h3-4,6-9,12H,5,10-11H2,1-2H3,(H,20,23). The Hall–Kier alpha value is -2.62. The summed E-state index contributed by atoms with van der Waals surface area (Å²) in [6.07, 6.45) is 1.46. The van der Waals surface area contributed by atoms with Crippen LogP contribution >= 0.6 is 0 Å². The highest BCUT2D eigenvalue weighted by Gasteiger charge is 2.22. The normalized spacial score (nSPS) is 14.2. The van der Waals surface area contributed by atoms with Crippen molar-refractivity contribution < 1.29 is 9.59 Å². The molecule has 2 aromatic rings. The number of carbonyl (C=O) groups excluding carboxylic acids is 2. The second kappa shape index (κ2) is 6.24. The Labute approximate surface area is 136 Å². The zero-order valence-electron chi connectivity index (χ0n) is 13.4. The van der Waals surface area contributed by atoms with Crippen molar-refractivity contribution in [3.63, 3.8) is 0 Å². The maximum absolute atomic E-state index is 12.5. The average Bonchev–Trinajstić information content (AvgIpc) is 2.98. The van der Waals surface area contributed by atoms with E-state index in [1.54, 1.807) is 17.0 Å². The van der Waals surface area contributed by atoms with Crippen LogP contribution in [0.15, 0.2) is 42.5 Å². The maximum atomic E-state index is 12.5. The molecule has 0 radical (unpaired) electrons. The summed E-state index contributed by atoms with van der Waals surface area (Å²) in [5.41, 5.74) is 4.37. The minimum atomic E-state index is -0.160. The van der Waals surface area contributed by atoms with Crippen LogP contribution in [0.1, 0.15) is 34.3 Å². The van der Waals surface area contributed by atoms with Gasteiger partial charge in [-0.25, -0.2) is 0 Å². The lowest BCUT2D eigenvalue weighted by molar-refractivity contribution is -0.117. The van der Waals surface area contributed by atoms with Crippen molar-refractivity contribution in [2.45, 2.75) is 26.7 Å². The number of nitrogens with zero attached hydrogens (tertiary/aromatic N) is 1. The molecule has 2 amide bonds.